The predicted octanol–water partition coefficient (Wildman–Crippen LogP) is 5.11. The van der Waals surface area contributed by atoms with E-state index in [0.717, 1.165) is 94.3 Å². The van der Waals surface area contributed by atoms with Crippen molar-refractivity contribution in [1.82, 2.24) is 0 Å². The van der Waals surface area contributed by atoms with Crippen molar-refractivity contribution in [3.63, 3.8) is 0 Å². The van der Waals surface area contributed by atoms with Crippen molar-refractivity contribution >= 4 is 37.9 Å². The molecule has 0 rings (SSSR count). The summed E-state index contributed by atoms with van der Waals surface area (Å²) in [7, 11) is 0. The van der Waals surface area contributed by atoms with Gasteiger partial charge in [-0.3, -0.25) is 0 Å². The Morgan fingerprint density at radius 1 is 0.462 bits per heavy atom. The summed E-state index contributed by atoms with van der Waals surface area (Å²) in [6.45, 7) is 1.30. The van der Waals surface area contributed by atoms with Crippen LogP contribution in [-0.2, 0) is 14.2 Å². The molecule has 0 aliphatic carbocycles. The van der Waals surface area contributed by atoms with Crippen LogP contribution in [-0.4, -0.2) is 48.3 Å². The Morgan fingerprint density at radius 2 is 0.731 bits per heavy atom. The lowest BCUT2D eigenvalue weighted by Gasteiger charge is -2.27. The summed E-state index contributed by atoms with van der Waals surface area (Å²) in [5, 5.41) is 10.5. The summed E-state index contributed by atoms with van der Waals surface area (Å²) >= 11 is 12.6. The number of hydrogen-bond acceptors (Lipinski definition) is 7. The van der Waals surface area contributed by atoms with E-state index in [9.17, 15) is 5.11 Å². The average molecular weight is 429 g/mol. The Hall–Kier alpha value is 0.890. The second-order valence-corrected chi connectivity index (χ2v) is 7.82. The minimum Gasteiger partial charge on any atom is -0.319 e. The van der Waals surface area contributed by atoms with Crippen molar-refractivity contribution < 1.29 is 19.3 Å². The molecule has 0 unspecified atom stereocenters. The van der Waals surface area contributed by atoms with Gasteiger partial charge in [-0.15, -0.1) is 0 Å². The average Bonchev–Trinajstić information content (AvgIpc) is 2.64. The first-order chi connectivity index (χ1) is 12.7. The maximum atomic E-state index is 10.5. The molecule has 26 heavy (non-hydrogen) atoms. The van der Waals surface area contributed by atoms with Gasteiger partial charge >= 0.3 is 6.16 Å². The van der Waals surface area contributed by atoms with Gasteiger partial charge in [-0.1, -0.05) is 38.5 Å². The molecule has 0 radical (unpaired) electrons. The second-order valence-electron chi connectivity index (χ2n) is 6.48. The molecule has 0 amide bonds. The first kappa shape index (κ1) is 26.9. The van der Waals surface area contributed by atoms with Crippen LogP contribution in [0.15, 0.2) is 0 Å². The van der Waals surface area contributed by atoms with Crippen LogP contribution in [0.3, 0.4) is 0 Å². The summed E-state index contributed by atoms with van der Waals surface area (Å²) in [6.07, 6.45) is 10.6. The lowest BCUT2D eigenvalue weighted by Crippen LogP contribution is -2.40. The largest absolute Gasteiger partial charge is 0.410 e. The van der Waals surface area contributed by atoms with Crippen LogP contribution in [0.25, 0.3) is 0 Å². The highest BCUT2D eigenvalue weighted by atomic mass is 32.1. The Labute approximate surface area is 177 Å². The molecule has 158 valence electrons. The van der Waals surface area contributed by atoms with Crippen LogP contribution in [0.2, 0.25) is 0 Å². The Balaban J connectivity index is 4.02. The fourth-order valence-corrected chi connectivity index (χ4v) is 3.10. The summed E-state index contributed by atoms with van der Waals surface area (Å²) in [4.78, 5) is 0. The topological polar surface area (TPSA) is 47.9 Å². The van der Waals surface area contributed by atoms with Gasteiger partial charge in [0.1, 0.15) is 0 Å². The van der Waals surface area contributed by atoms with E-state index < -0.39 is 6.16 Å². The number of aliphatic hydroxyl groups is 1. The molecule has 0 aliphatic rings. The van der Waals surface area contributed by atoms with E-state index in [0.29, 0.717) is 19.8 Å². The van der Waals surface area contributed by atoms with Crippen LogP contribution >= 0.6 is 37.9 Å². The molecule has 7 heteroatoms. The van der Waals surface area contributed by atoms with Gasteiger partial charge in [0.05, 0.1) is 19.8 Å². The smallest absolute Gasteiger partial charge is 0.319 e. The van der Waals surface area contributed by atoms with Gasteiger partial charge in [0, 0.05) is 0 Å². The summed E-state index contributed by atoms with van der Waals surface area (Å²) < 4.78 is 16.6. The zero-order valence-corrected chi connectivity index (χ0v) is 18.9. The molecule has 0 aromatic carbocycles. The predicted molar refractivity (Wildman–Crippen MR) is 120 cm³/mol. The lowest BCUT2D eigenvalue weighted by atomic mass is 10.2. The summed E-state index contributed by atoms with van der Waals surface area (Å²) in [5.41, 5.74) is 0. The highest BCUT2D eigenvalue weighted by Gasteiger charge is 2.30. The van der Waals surface area contributed by atoms with Gasteiger partial charge in [-0.2, -0.15) is 37.9 Å². The zero-order chi connectivity index (χ0) is 19.3. The third-order valence-electron chi connectivity index (χ3n) is 4.01. The molecular weight excluding hydrogens is 388 g/mol. The molecule has 0 saturated carbocycles. The first-order valence-corrected chi connectivity index (χ1v) is 12.0. The molecule has 4 nitrogen and oxygen atoms in total. The maximum absolute atomic E-state index is 10.5. The van der Waals surface area contributed by atoms with Gasteiger partial charge in [0.15, 0.2) is 0 Å². The molecule has 0 bridgehead atoms. The SMILES string of the molecule is OC(OCCCCCCS)(OCCCCCCS)OCCCCCCS. The fraction of sp³-hybridized carbons (Fsp3) is 1.00. The van der Waals surface area contributed by atoms with Gasteiger partial charge in [-0.25, -0.2) is 0 Å². The number of thiol groups is 3. The van der Waals surface area contributed by atoms with Gasteiger partial charge in [-0.05, 0) is 55.8 Å². The van der Waals surface area contributed by atoms with Crippen molar-refractivity contribution in [3.8, 4) is 0 Å². The monoisotopic (exact) mass is 428 g/mol. The second kappa shape index (κ2) is 20.6. The Bertz CT molecular complexity index is 243. The molecule has 0 saturated heterocycles. The van der Waals surface area contributed by atoms with Crippen LogP contribution in [0, 0.1) is 0 Å². The van der Waals surface area contributed by atoms with Crippen molar-refractivity contribution in [2.45, 2.75) is 83.2 Å². The number of rotatable bonds is 21. The molecule has 0 atom stereocenters. The minimum atomic E-state index is -1.91. The van der Waals surface area contributed by atoms with Crippen molar-refractivity contribution in [2.75, 3.05) is 37.1 Å². The molecule has 0 aliphatic heterocycles. The summed E-state index contributed by atoms with van der Waals surface area (Å²) in [5.74, 6) is 2.74. The summed E-state index contributed by atoms with van der Waals surface area (Å²) in [6, 6.07) is 0. The normalized spacial score (nSPS) is 12.0. The molecule has 0 aromatic rings. The third-order valence-corrected chi connectivity index (χ3v) is 4.96. The quantitative estimate of drug-likeness (QED) is 0.117. The molecule has 0 spiro atoms. The van der Waals surface area contributed by atoms with Crippen molar-refractivity contribution in [3.05, 3.63) is 0 Å². The van der Waals surface area contributed by atoms with E-state index in [2.05, 4.69) is 37.9 Å². The van der Waals surface area contributed by atoms with Crippen molar-refractivity contribution in [1.29, 1.82) is 0 Å². The molecule has 0 fully saturated rings. The molecule has 0 aromatic heterocycles. The van der Waals surface area contributed by atoms with Crippen LogP contribution in [0.4, 0.5) is 0 Å². The van der Waals surface area contributed by atoms with Gasteiger partial charge < -0.3 is 19.3 Å². The van der Waals surface area contributed by atoms with Crippen LogP contribution in [0.1, 0.15) is 77.0 Å². The number of hydrogen-bond donors (Lipinski definition) is 4. The lowest BCUT2D eigenvalue weighted by molar-refractivity contribution is -0.485. The fourth-order valence-electron chi connectivity index (χ4n) is 2.43. The molecular formula is C19H40O4S3. The number of ether oxygens (including phenoxy) is 3. The standard InChI is InChI=1S/C19H40O4S3/c20-19(21-13-7-1-4-10-16-24,22-14-8-2-5-11-17-25)23-15-9-3-6-12-18-26/h20,24-26H,1-18H2. The first-order valence-electron chi connectivity index (χ1n) is 10.2. The van der Waals surface area contributed by atoms with E-state index in [1.807, 2.05) is 0 Å². The maximum Gasteiger partial charge on any atom is 0.410 e. The van der Waals surface area contributed by atoms with E-state index in [4.69, 9.17) is 14.2 Å². The zero-order valence-electron chi connectivity index (χ0n) is 16.2. The Kier molecular flexibility index (Phi) is 21.3. The van der Waals surface area contributed by atoms with Gasteiger partial charge in [0.25, 0.3) is 0 Å². The molecule has 1 N–H and O–H groups in total. The highest BCUT2D eigenvalue weighted by Crippen LogP contribution is 2.16. The van der Waals surface area contributed by atoms with E-state index in [1.54, 1.807) is 0 Å². The van der Waals surface area contributed by atoms with Gasteiger partial charge in [0.2, 0.25) is 0 Å². The van der Waals surface area contributed by atoms with Crippen LogP contribution < -0.4 is 0 Å². The third kappa shape index (κ3) is 18.3. The molecule has 0 heterocycles. The van der Waals surface area contributed by atoms with E-state index in [1.165, 1.54) is 0 Å². The van der Waals surface area contributed by atoms with Crippen LogP contribution in [0.5, 0.6) is 0 Å². The van der Waals surface area contributed by atoms with Crippen molar-refractivity contribution in [2.24, 2.45) is 0 Å². The van der Waals surface area contributed by atoms with E-state index in [-0.39, 0.29) is 0 Å². The minimum absolute atomic E-state index is 0.433. The Morgan fingerprint density at radius 3 is 1.00 bits per heavy atom. The number of unbranched alkanes of at least 4 members (excludes halogenated alkanes) is 9. The highest BCUT2D eigenvalue weighted by molar-refractivity contribution is 7.80. The van der Waals surface area contributed by atoms with E-state index >= 15 is 0 Å².